The average Bonchev–Trinajstić information content (AvgIpc) is 3.14. The van der Waals surface area contributed by atoms with Gasteiger partial charge in [-0.3, -0.25) is 4.79 Å². The first-order chi connectivity index (χ1) is 13.7. The number of likely N-dealkylation sites (tertiary alicyclic amines) is 1. The second-order valence-corrected chi connectivity index (χ2v) is 7.46. The number of nitrogens with zero attached hydrogens (tertiary/aromatic N) is 1. The zero-order chi connectivity index (χ0) is 19.5. The Labute approximate surface area is 166 Å². The van der Waals surface area contributed by atoms with Crippen LogP contribution < -0.4 is 14.8 Å². The molecule has 2 aromatic carbocycles. The van der Waals surface area contributed by atoms with Gasteiger partial charge < -0.3 is 19.7 Å². The van der Waals surface area contributed by atoms with E-state index >= 15 is 0 Å². The minimum Gasteiger partial charge on any atom is -0.497 e. The molecule has 4 rings (SSSR count). The minimum absolute atomic E-state index is 0.0631. The molecule has 2 heterocycles. The standard InChI is InChI=1S/C23H28N2O3/c1-3-28-21-12-5-4-10-18(21)23(26)25-15-19(22-20(25)11-7-13-24-22)16-8-6-9-17(14-16)27-2/h4-6,8-10,12,14,19-20,22,24H,3,7,11,13,15H2,1-2H3/t19-,20-,22-/m1/s1. The van der Waals surface area contributed by atoms with E-state index in [-0.39, 0.29) is 23.9 Å². The lowest BCUT2D eigenvalue weighted by Crippen LogP contribution is -2.49. The van der Waals surface area contributed by atoms with E-state index in [0.29, 0.717) is 24.5 Å². The molecular formula is C23H28N2O3. The smallest absolute Gasteiger partial charge is 0.257 e. The summed E-state index contributed by atoms with van der Waals surface area (Å²) in [5, 5.41) is 3.68. The van der Waals surface area contributed by atoms with Crippen LogP contribution >= 0.6 is 0 Å². The number of carbonyl (C=O) groups is 1. The molecule has 0 unspecified atom stereocenters. The Kier molecular flexibility index (Phi) is 5.53. The topological polar surface area (TPSA) is 50.8 Å². The number of ether oxygens (including phenoxy) is 2. The fraction of sp³-hybridized carbons (Fsp3) is 0.435. The van der Waals surface area contributed by atoms with Gasteiger partial charge in [0.25, 0.3) is 5.91 Å². The number of piperidine rings is 1. The molecule has 0 radical (unpaired) electrons. The first-order valence-corrected chi connectivity index (χ1v) is 10.1. The van der Waals surface area contributed by atoms with Gasteiger partial charge in [-0.1, -0.05) is 24.3 Å². The highest BCUT2D eigenvalue weighted by molar-refractivity contribution is 5.97. The Morgan fingerprint density at radius 2 is 2.07 bits per heavy atom. The number of methoxy groups -OCH3 is 1. The molecule has 1 N–H and O–H groups in total. The first-order valence-electron chi connectivity index (χ1n) is 10.1. The van der Waals surface area contributed by atoms with Gasteiger partial charge in [-0.2, -0.15) is 0 Å². The average molecular weight is 380 g/mol. The summed E-state index contributed by atoms with van der Waals surface area (Å²) in [5.74, 6) is 1.84. The van der Waals surface area contributed by atoms with Gasteiger partial charge in [0, 0.05) is 24.5 Å². The van der Waals surface area contributed by atoms with Crippen LogP contribution in [-0.4, -0.2) is 49.7 Å². The third kappa shape index (κ3) is 3.47. The van der Waals surface area contributed by atoms with Crippen molar-refractivity contribution in [3.05, 3.63) is 59.7 Å². The van der Waals surface area contributed by atoms with Gasteiger partial charge in [0.2, 0.25) is 0 Å². The van der Waals surface area contributed by atoms with Crippen molar-refractivity contribution in [2.24, 2.45) is 0 Å². The maximum atomic E-state index is 13.5. The lowest BCUT2D eigenvalue weighted by atomic mass is 9.87. The predicted molar refractivity (Wildman–Crippen MR) is 109 cm³/mol. The molecule has 2 aliphatic rings. The van der Waals surface area contributed by atoms with Gasteiger partial charge in [-0.15, -0.1) is 0 Å². The van der Waals surface area contributed by atoms with E-state index in [1.165, 1.54) is 5.56 Å². The van der Waals surface area contributed by atoms with Crippen molar-refractivity contribution in [2.45, 2.75) is 37.8 Å². The number of nitrogens with one attached hydrogen (secondary N) is 1. The minimum atomic E-state index is 0.0631. The molecule has 5 nitrogen and oxygen atoms in total. The van der Waals surface area contributed by atoms with E-state index in [4.69, 9.17) is 9.47 Å². The van der Waals surface area contributed by atoms with Gasteiger partial charge in [0.1, 0.15) is 11.5 Å². The maximum absolute atomic E-state index is 13.5. The van der Waals surface area contributed by atoms with Gasteiger partial charge >= 0.3 is 0 Å². The van der Waals surface area contributed by atoms with Crippen LogP contribution in [-0.2, 0) is 0 Å². The molecule has 0 saturated carbocycles. The zero-order valence-electron chi connectivity index (χ0n) is 16.6. The second kappa shape index (κ2) is 8.23. The highest BCUT2D eigenvalue weighted by Crippen LogP contribution is 2.38. The lowest BCUT2D eigenvalue weighted by molar-refractivity contribution is 0.0701. The Morgan fingerprint density at radius 3 is 2.89 bits per heavy atom. The molecule has 0 spiro atoms. The van der Waals surface area contributed by atoms with Crippen molar-refractivity contribution in [3.63, 3.8) is 0 Å². The molecule has 0 aromatic heterocycles. The van der Waals surface area contributed by atoms with Crippen molar-refractivity contribution < 1.29 is 14.3 Å². The summed E-state index contributed by atoms with van der Waals surface area (Å²) in [5.41, 5.74) is 1.87. The van der Waals surface area contributed by atoms with Crippen LogP contribution in [0.4, 0.5) is 0 Å². The highest BCUT2D eigenvalue weighted by Gasteiger charge is 2.45. The van der Waals surface area contributed by atoms with Crippen molar-refractivity contribution in [2.75, 3.05) is 26.8 Å². The quantitative estimate of drug-likeness (QED) is 0.863. The number of hydrogen-bond acceptors (Lipinski definition) is 4. The number of para-hydroxylation sites is 1. The summed E-state index contributed by atoms with van der Waals surface area (Å²) >= 11 is 0. The molecule has 3 atom stereocenters. The molecular weight excluding hydrogens is 352 g/mol. The number of carbonyl (C=O) groups excluding carboxylic acids is 1. The summed E-state index contributed by atoms with van der Waals surface area (Å²) < 4.78 is 11.1. The molecule has 148 valence electrons. The van der Waals surface area contributed by atoms with Crippen LogP contribution in [0.25, 0.3) is 0 Å². The fourth-order valence-corrected chi connectivity index (χ4v) is 4.61. The number of benzene rings is 2. The number of fused-ring (bicyclic) bond motifs is 1. The monoisotopic (exact) mass is 380 g/mol. The van der Waals surface area contributed by atoms with E-state index in [9.17, 15) is 4.79 Å². The number of hydrogen-bond donors (Lipinski definition) is 1. The van der Waals surface area contributed by atoms with Crippen molar-refractivity contribution in [3.8, 4) is 11.5 Å². The molecule has 2 aromatic rings. The summed E-state index contributed by atoms with van der Waals surface area (Å²) in [6.07, 6.45) is 2.11. The summed E-state index contributed by atoms with van der Waals surface area (Å²) in [7, 11) is 1.69. The van der Waals surface area contributed by atoms with Crippen LogP contribution in [0.1, 0.15) is 41.6 Å². The molecule has 2 aliphatic heterocycles. The lowest BCUT2D eigenvalue weighted by Gasteiger charge is -2.33. The Balaban J connectivity index is 1.65. The zero-order valence-corrected chi connectivity index (χ0v) is 16.6. The Hall–Kier alpha value is -2.53. The van der Waals surface area contributed by atoms with Gasteiger partial charge in [-0.05, 0) is 56.1 Å². The third-order valence-corrected chi connectivity index (χ3v) is 5.90. The largest absolute Gasteiger partial charge is 0.497 e. The molecule has 1 amide bonds. The van der Waals surface area contributed by atoms with Crippen LogP contribution in [0.15, 0.2) is 48.5 Å². The van der Waals surface area contributed by atoms with Crippen molar-refractivity contribution >= 4 is 5.91 Å². The Bertz CT molecular complexity index is 838. The summed E-state index contributed by atoms with van der Waals surface area (Å²) in [6, 6.07) is 16.3. The van der Waals surface area contributed by atoms with Crippen LogP contribution in [0.5, 0.6) is 11.5 Å². The molecule has 0 bridgehead atoms. The van der Waals surface area contributed by atoms with Crippen molar-refractivity contribution in [1.29, 1.82) is 0 Å². The van der Waals surface area contributed by atoms with E-state index < -0.39 is 0 Å². The predicted octanol–water partition coefficient (Wildman–Crippen LogP) is 3.45. The van der Waals surface area contributed by atoms with Crippen LogP contribution in [0.2, 0.25) is 0 Å². The summed E-state index contributed by atoms with van der Waals surface area (Å²) in [4.78, 5) is 15.5. The first kappa shape index (κ1) is 18.8. The number of rotatable bonds is 5. The van der Waals surface area contributed by atoms with Gasteiger partial charge in [0.15, 0.2) is 0 Å². The molecule has 5 heteroatoms. The SMILES string of the molecule is CCOc1ccccc1C(=O)N1C[C@H](c2cccc(OC)c2)[C@H]2NCCC[C@H]21. The van der Waals surface area contributed by atoms with Crippen LogP contribution in [0.3, 0.4) is 0 Å². The summed E-state index contributed by atoms with van der Waals surface area (Å²) in [6.45, 7) is 4.19. The van der Waals surface area contributed by atoms with E-state index in [2.05, 4.69) is 22.3 Å². The van der Waals surface area contributed by atoms with Gasteiger partial charge in [-0.25, -0.2) is 0 Å². The maximum Gasteiger partial charge on any atom is 0.257 e. The molecule has 0 aliphatic carbocycles. The number of amides is 1. The van der Waals surface area contributed by atoms with Crippen molar-refractivity contribution in [1.82, 2.24) is 10.2 Å². The second-order valence-electron chi connectivity index (χ2n) is 7.46. The van der Waals surface area contributed by atoms with Crippen LogP contribution in [0, 0.1) is 0 Å². The normalized spacial score (nSPS) is 23.9. The fourth-order valence-electron chi connectivity index (χ4n) is 4.61. The van der Waals surface area contributed by atoms with E-state index in [1.54, 1.807) is 7.11 Å². The van der Waals surface area contributed by atoms with Gasteiger partial charge in [0.05, 0.1) is 19.3 Å². The van der Waals surface area contributed by atoms with E-state index in [0.717, 1.165) is 25.1 Å². The highest BCUT2D eigenvalue weighted by atomic mass is 16.5. The molecule has 2 fully saturated rings. The molecule has 2 saturated heterocycles. The Morgan fingerprint density at radius 1 is 1.21 bits per heavy atom. The third-order valence-electron chi connectivity index (χ3n) is 5.90. The molecule has 28 heavy (non-hydrogen) atoms. The van der Waals surface area contributed by atoms with E-state index in [1.807, 2.05) is 43.3 Å².